The maximum atomic E-state index is 12.2. The van der Waals surface area contributed by atoms with E-state index in [0.717, 1.165) is 42.3 Å². The molecule has 0 radical (unpaired) electrons. The van der Waals surface area contributed by atoms with Crippen molar-refractivity contribution >= 4 is 24.0 Å². The molecule has 0 spiro atoms. The molecule has 0 aliphatic carbocycles. The van der Waals surface area contributed by atoms with E-state index in [1.807, 2.05) is 38.2 Å². The minimum absolute atomic E-state index is 0. The van der Waals surface area contributed by atoms with Gasteiger partial charge in [0.05, 0.1) is 0 Å². The number of benzene rings is 1. The second-order valence-corrected chi connectivity index (χ2v) is 6.43. The lowest BCUT2D eigenvalue weighted by molar-refractivity contribution is -0.119. The number of aryl methyl sites for hydroxylation is 1. The van der Waals surface area contributed by atoms with Gasteiger partial charge in [-0.2, -0.15) is 0 Å². The number of fused-ring (bicyclic) bond motifs is 1. The predicted octanol–water partition coefficient (Wildman–Crippen LogP) is 2.89. The maximum absolute atomic E-state index is 12.2. The van der Waals surface area contributed by atoms with Crippen LogP contribution in [0.25, 0.3) is 11.4 Å². The Kier molecular flexibility index (Phi) is 6.96. The fourth-order valence-corrected chi connectivity index (χ4v) is 3.10. The van der Waals surface area contributed by atoms with E-state index in [2.05, 4.69) is 25.4 Å². The summed E-state index contributed by atoms with van der Waals surface area (Å²) in [4.78, 5) is 12.2. The number of nitrogens with zero attached hydrogens (tertiary/aromatic N) is 3. The van der Waals surface area contributed by atoms with Crippen LogP contribution in [0.5, 0.6) is 0 Å². The Bertz CT molecular complexity index is 715. The first-order valence-corrected chi connectivity index (χ1v) is 8.67. The summed E-state index contributed by atoms with van der Waals surface area (Å²) in [6.45, 7) is 3.53. The quantitative estimate of drug-likeness (QED) is 0.856. The zero-order valence-electron chi connectivity index (χ0n) is 14.8. The third kappa shape index (κ3) is 4.58. The Labute approximate surface area is 154 Å². The molecule has 0 saturated carbocycles. The van der Waals surface area contributed by atoms with Gasteiger partial charge >= 0.3 is 0 Å². The second-order valence-electron chi connectivity index (χ2n) is 6.43. The van der Waals surface area contributed by atoms with Gasteiger partial charge in [0.1, 0.15) is 5.82 Å². The summed E-state index contributed by atoms with van der Waals surface area (Å²) in [5, 5.41) is 14.7. The van der Waals surface area contributed by atoms with Gasteiger partial charge in [-0.1, -0.05) is 25.5 Å². The van der Waals surface area contributed by atoms with Crippen LogP contribution in [-0.4, -0.2) is 34.3 Å². The number of rotatable bonds is 5. The van der Waals surface area contributed by atoms with Crippen LogP contribution in [0.2, 0.25) is 0 Å². The van der Waals surface area contributed by atoms with E-state index in [-0.39, 0.29) is 24.2 Å². The van der Waals surface area contributed by atoms with Crippen molar-refractivity contribution in [2.75, 3.05) is 18.9 Å². The number of carbonyl (C=O) groups excluding carboxylic acids is 1. The van der Waals surface area contributed by atoms with Gasteiger partial charge in [-0.15, -0.1) is 22.6 Å². The monoisotopic (exact) mass is 363 g/mol. The summed E-state index contributed by atoms with van der Waals surface area (Å²) < 4.78 is 2.22. The molecule has 0 saturated heterocycles. The second kappa shape index (κ2) is 8.97. The van der Waals surface area contributed by atoms with Crippen molar-refractivity contribution in [3.05, 3.63) is 30.1 Å². The molecule has 136 valence electrons. The highest BCUT2D eigenvalue weighted by molar-refractivity contribution is 5.93. The number of aromatic nitrogens is 3. The average Bonchev–Trinajstić information content (AvgIpc) is 2.84. The Hall–Kier alpha value is -1.92. The van der Waals surface area contributed by atoms with Crippen molar-refractivity contribution in [3.8, 4) is 11.4 Å². The fraction of sp³-hybridized carbons (Fsp3) is 0.500. The number of amides is 1. The van der Waals surface area contributed by atoms with Crippen LogP contribution >= 0.6 is 12.4 Å². The normalized spacial score (nSPS) is 14.8. The zero-order valence-corrected chi connectivity index (χ0v) is 15.6. The Balaban J connectivity index is 0.00000225. The minimum Gasteiger partial charge on any atom is -0.326 e. The number of anilines is 1. The summed E-state index contributed by atoms with van der Waals surface area (Å²) in [5.41, 5.74) is 1.79. The molecule has 6 nitrogen and oxygen atoms in total. The van der Waals surface area contributed by atoms with E-state index in [1.54, 1.807) is 0 Å². The number of hydrogen-bond acceptors (Lipinski definition) is 4. The molecule has 1 aromatic heterocycles. The third-order valence-corrected chi connectivity index (χ3v) is 4.46. The average molecular weight is 364 g/mol. The van der Waals surface area contributed by atoms with Crippen LogP contribution in [0.1, 0.15) is 32.0 Å². The number of nitrogens with one attached hydrogen (secondary N) is 2. The van der Waals surface area contributed by atoms with E-state index in [9.17, 15) is 4.79 Å². The lowest BCUT2D eigenvalue weighted by Gasteiger charge is -2.13. The van der Waals surface area contributed by atoms with Crippen LogP contribution in [0.15, 0.2) is 24.3 Å². The molecule has 0 fully saturated rings. The predicted molar refractivity (Wildman–Crippen MR) is 102 cm³/mol. The van der Waals surface area contributed by atoms with Gasteiger partial charge in [0.2, 0.25) is 5.91 Å². The van der Waals surface area contributed by atoms with Gasteiger partial charge in [0.25, 0.3) is 0 Å². The maximum Gasteiger partial charge on any atom is 0.228 e. The molecule has 0 bridgehead atoms. The van der Waals surface area contributed by atoms with Gasteiger partial charge in [-0.3, -0.25) is 4.79 Å². The molecule has 2 N–H and O–H groups in total. The van der Waals surface area contributed by atoms with Crippen LogP contribution in [0.3, 0.4) is 0 Å². The van der Waals surface area contributed by atoms with Crippen molar-refractivity contribution in [2.24, 2.45) is 5.92 Å². The fourth-order valence-electron chi connectivity index (χ4n) is 3.10. The van der Waals surface area contributed by atoms with Crippen molar-refractivity contribution in [2.45, 2.75) is 39.2 Å². The summed E-state index contributed by atoms with van der Waals surface area (Å²) in [7, 11) is 1.85. The lowest BCUT2D eigenvalue weighted by Crippen LogP contribution is -2.28. The molecular formula is C18H26ClN5O. The molecule has 3 rings (SSSR count). The van der Waals surface area contributed by atoms with Gasteiger partial charge < -0.3 is 15.2 Å². The topological polar surface area (TPSA) is 71.8 Å². The molecule has 25 heavy (non-hydrogen) atoms. The van der Waals surface area contributed by atoms with E-state index >= 15 is 0 Å². The molecule has 1 unspecified atom stereocenters. The third-order valence-electron chi connectivity index (χ3n) is 4.46. The van der Waals surface area contributed by atoms with E-state index in [1.165, 1.54) is 12.8 Å². The Morgan fingerprint density at radius 2 is 2.12 bits per heavy atom. The van der Waals surface area contributed by atoms with Gasteiger partial charge in [-0.05, 0) is 32.0 Å². The highest BCUT2D eigenvalue weighted by Gasteiger charge is 2.17. The summed E-state index contributed by atoms with van der Waals surface area (Å²) in [6, 6.07) is 7.86. The Morgan fingerprint density at radius 3 is 2.92 bits per heavy atom. The van der Waals surface area contributed by atoms with E-state index in [0.29, 0.717) is 6.54 Å². The minimum atomic E-state index is -0.0805. The van der Waals surface area contributed by atoms with Crippen LogP contribution in [-0.2, 0) is 17.8 Å². The number of carbonyl (C=O) groups is 1. The molecule has 2 heterocycles. The summed E-state index contributed by atoms with van der Waals surface area (Å²) in [5.74, 6) is 1.90. The van der Waals surface area contributed by atoms with Crippen molar-refractivity contribution in [1.82, 2.24) is 20.1 Å². The molecule has 1 amide bonds. The summed E-state index contributed by atoms with van der Waals surface area (Å²) in [6.07, 6.45) is 4.57. The van der Waals surface area contributed by atoms with Crippen LogP contribution in [0, 0.1) is 5.92 Å². The first-order valence-electron chi connectivity index (χ1n) is 8.67. The first-order chi connectivity index (χ1) is 11.7. The lowest BCUT2D eigenvalue weighted by atomic mass is 10.1. The molecule has 2 aromatic rings. The van der Waals surface area contributed by atoms with E-state index < -0.39 is 0 Å². The molecule has 1 atom stereocenters. The van der Waals surface area contributed by atoms with Gasteiger partial charge in [0, 0.05) is 36.7 Å². The largest absolute Gasteiger partial charge is 0.326 e. The first kappa shape index (κ1) is 19.4. The van der Waals surface area contributed by atoms with E-state index in [4.69, 9.17) is 0 Å². The van der Waals surface area contributed by atoms with Gasteiger partial charge in [-0.25, -0.2) is 0 Å². The van der Waals surface area contributed by atoms with Crippen molar-refractivity contribution < 1.29 is 4.79 Å². The molecule has 1 aliphatic heterocycles. The van der Waals surface area contributed by atoms with Crippen LogP contribution in [0.4, 0.5) is 5.69 Å². The Morgan fingerprint density at radius 1 is 1.28 bits per heavy atom. The smallest absolute Gasteiger partial charge is 0.228 e. The SMILES string of the molecule is CNCC(C)C(=O)Nc1cccc(-c2nnc3n2CCCCC3)c1.Cl. The standard InChI is InChI=1S/C18H25N5O.ClH/c1-13(12-19-2)18(24)20-15-8-6-7-14(11-15)17-22-21-16-9-4-3-5-10-23(16)17;/h6-8,11,13,19H,3-5,9-10,12H2,1-2H3,(H,20,24);1H. The van der Waals surface area contributed by atoms with Gasteiger partial charge in [0.15, 0.2) is 5.82 Å². The van der Waals surface area contributed by atoms with Crippen molar-refractivity contribution in [1.29, 1.82) is 0 Å². The van der Waals surface area contributed by atoms with Crippen LogP contribution < -0.4 is 10.6 Å². The molecule has 1 aromatic carbocycles. The highest BCUT2D eigenvalue weighted by atomic mass is 35.5. The molecular weight excluding hydrogens is 338 g/mol. The van der Waals surface area contributed by atoms with Crippen molar-refractivity contribution in [3.63, 3.8) is 0 Å². The summed E-state index contributed by atoms with van der Waals surface area (Å²) >= 11 is 0. The highest BCUT2D eigenvalue weighted by Crippen LogP contribution is 2.25. The molecule has 7 heteroatoms. The number of halogens is 1. The molecule has 1 aliphatic rings. The zero-order chi connectivity index (χ0) is 16.9. The number of hydrogen-bond donors (Lipinski definition) is 2.